The second-order valence-electron chi connectivity index (χ2n) is 5.16. The monoisotopic (exact) mass is 233 g/mol. The number of nitrogens with one attached hydrogen (secondary N) is 1. The summed E-state index contributed by atoms with van der Waals surface area (Å²) in [6.07, 6.45) is 3.36. The molecule has 0 aromatic carbocycles. The van der Waals surface area contributed by atoms with Crippen LogP contribution in [0.5, 0.6) is 5.88 Å². The maximum absolute atomic E-state index is 6.43. The lowest BCUT2D eigenvalue weighted by molar-refractivity contribution is 0.172. The van der Waals surface area contributed by atoms with Crippen molar-refractivity contribution in [1.82, 2.24) is 10.3 Å². The van der Waals surface area contributed by atoms with Crippen molar-refractivity contribution >= 4 is 0 Å². The smallest absolute Gasteiger partial charge is 0.213 e. The van der Waals surface area contributed by atoms with Gasteiger partial charge in [0.25, 0.3) is 0 Å². The lowest BCUT2D eigenvalue weighted by Crippen LogP contribution is -2.42. The molecule has 2 heterocycles. The van der Waals surface area contributed by atoms with Crippen molar-refractivity contribution in [3.05, 3.63) is 23.4 Å². The van der Waals surface area contributed by atoms with E-state index in [1.165, 1.54) is 5.56 Å². The fourth-order valence-electron chi connectivity index (χ4n) is 3.21. The van der Waals surface area contributed by atoms with Crippen LogP contribution in [0.3, 0.4) is 0 Å². The van der Waals surface area contributed by atoms with E-state index in [9.17, 15) is 0 Å². The number of piperidine rings is 1. The number of hydrogen-bond acceptors (Lipinski definition) is 4. The number of methoxy groups -OCH3 is 1. The van der Waals surface area contributed by atoms with Gasteiger partial charge in [0.05, 0.1) is 18.8 Å². The lowest BCUT2D eigenvalue weighted by atomic mass is 9.74. The molecular formula is C13H19N3O. The predicted molar refractivity (Wildman–Crippen MR) is 66.0 cm³/mol. The van der Waals surface area contributed by atoms with E-state index < -0.39 is 0 Å². The van der Waals surface area contributed by atoms with Crippen LogP contribution in [0.4, 0.5) is 0 Å². The summed E-state index contributed by atoms with van der Waals surface area (Å²) in [7, 11) is 1.65. The predicted octanol–water partition coefficient (Wildman–Crippen LogP) is 1.02. The first-order chi connectivity index (χ1) is 8.25. The fraction of sp³-hybridized carbons (Fsp3) is 0.615. The number of rotatable bonds is 1. The fourth-order valence-corrected chi connectivity index (χ4v) is 3.21. The molecule has 1 spiro atoms. The summed E-state index contributed by atoms with van der Waals surface area (Å²) < 4.78 is 5.18. The average Bonchev–Trinajstić information content (AvgIpc) is 2.63. The van der Waals surface area contributed by atoms with Gasteiger partial charge in [-0.2, -0.15) is 0 Å². The molecule has 4 nitrogen and oxygen atoms in total. The number of aromatic nitrogens is 1. The molecule has 3 N–H and O–H groups in total. The first-order valence-corrected chi connectivity index (χ1v) is 6.25. The zero-order chi connectivity index (χ0) is 11.9. The highest BCUT2D eigenvalue weighted by Gasteiger charge is 2.45. The molecule has 2 aliphatic rings. The molecule has 1 atom stereocenters. The summed E-state index contributed by atoms with van der Waals surface area (Å²) in [5.74, 6) is 0.671. The van der Waals surface area contributed by atoms with Gasteiger partial charge >= 0.3 is 0 Å². The van der Waals surface area contributed by atoms with Crippen molar-refractivity contribution < 1.29 is 4.74 Å². The Bertz CT molecular complexity index is 427. The van der Waals surface area contributed by atoms with Crippen LogP contribution in [0.15, 0.2) is 12.1 Å². The maximum atomic E-state index is 6.43. The molecular weight excluding hydrogens is 214 g/mol. The summed E-state index contributed by atoms with van der Waals surface area (Å²) in [5, 5.41) is 3.41. The third-order valence-electron chi connectivity index (χ3n) is 4.29. The zero-order valence-corrected chi connectivity index (χ0v) is 10.2. The Kier molecular flexibility index (Phi) is 2.56. The van der Waals surface area contributed by atoms with Crippen LogP contribution in [0.25, 0.3) is 0 Å². The van der Waals surface area contributed by atoms with E-state index >= 15 is 0 Å². The lowest BCUT2D eigenvalue weighted by Gasteiger charge is -2.37. The molecule has 92 valence electrons. The van der Waals surface area contributed by atoms with Crippen LogP contribution in [0, 0.1) is 5.41 Å². The van der Waals surface area contributed by atoms with E-state index in [1.54, 1.807) is 7.11 Å². The minimum absolute atomic E-state index is 0.0645. The van der Waals surface area contributed by atoms with Crippen molar-refractivity contribution in [2.45, 2.75) is 25.3 Å². The molecule has 0 bridgehead atoms. The Morgan fingerprint density at radius 2 is 2.18 bits per heavy atom. The van der Waals surface area contributed by atoms with E-state index in [4.69, 9.17) is 10.5 Å². The van der Waals surface area contributed by atoms with Crippen molar-refractivity contribution in [2.75, 3.05) is 20.2 Å². The summed E-state index contributed by atoms with van der Waals surface area (Å²) >= 11 is 0. The van der Waals surface area contributed by atoms with Crippen LogP contribution in [-0.2, 0) is 6.42 Å². The molecule has 1 saturated heterocycles. The van der Waals surface area contributed by atoms with Gasteiger partial charge in [-0.05, 0) is 43.3 Å². The Labute approximate surface area is 102 Å². The van der Waals surface area contributed by atoms with Crippen molar-refractivity contribution in [1.29, 1.82) is 0 Å². The SMILES string of the molecule is COc1ccc2c(n1)C(N)C1(CCNCC1)C2. The molecule has 1 aliphatic heterocycles. The number of nitrogens with zero attached hydrogens (tertiary/aromatic N) is 1. The summed E-state index contributed by atoms with van der Waals surface area (Å²) in [6, 6.07) is 4.12. The highest BCUT2D eigenvalue weighted by Crippen LogP contribution is 2.49. The number of nitrogens with two attached hydrogens (primary N) is 1. The number of pyridine rings is 1. The Morgan fingerprint density at radius 1 is 1.41 bits per heavy atom. The summed E-state index contributed by atoms with van der Waals surface area (Å²) in [4.78, 5) is 4.53. The van der Waals surface area contributed by atoms with Gasteiger partial charge in [0.15, 0.2) is 0 Å². The van der Waals surface area contributed by atoms with Crippen molar-refractivity contribution in [2.24, 2.45) is 11.1 Å². The third kappa shape index (κ3) is 1.63. The summed E-state index contributed by atoms with van der Waals surface area (Å²) in [5.41, 5.74) is 9.02. The van der Waals surface area contributed by atoms with Crippen molar-refractivity contribution in [3.8, 4) is 5.88 Å². The Balaban J connectivity index is 1.96. The van der Waals surface area contributed by atoms with Crippen molar-refractivity contribution in [3.63, 3.8) is 0 Å². The molecule has 0 saturated carbocycles. The number of fused-ring (bicyclic) bond motifs is 1. The zero-order valence-electron chi connectivity index (χ0n) is 10.2. The first-order valence-electron chi connectivity index (χ1n) is 6.25. The first kappa shape index (κ1) is 11.0. The highest BCUT2D eigenvalue weighted by atomic mass is 16.5. The van der Waals surface area contributed by atoms with E-state index in [2.05, 4.69) is 16.4 Å². The summed E-state index contributed by atoms with van der Waals surface area (Å²) in [6.45, 7) is 2.14. The molecule has 17 heavy (non-hydrogen) atoms. The molecule has 1 fully saturated rings. The molecule has 1 aromatic rings. The molecule has 1 aliphatic carbocycles. The van der Waals surface area contributed by atoms with Gasteiger partial charge in [-0.15, -0.1) is 0 Å². The van der Waals surface area contributed by atoms with E-state index in [-0.39, 0.29) is 11.5 Å². The van der Waals surface area contributed by atoms with E-state index in [0.29, 0.717) is 5.88 Å². The van der Waals surface area contributed by atoms with Crippen LogP contribution < -0.4 is 15.8 Å². The van der Waals surface area contributed by atoms with E-state index in [1.807, 2.05) is 6.07 Å². The standard InChI is InChI=1S/C13H19N3O/c1-17-10-3-2-9-8-13(4-6-15-7-5-13)12(14)11(9)16-10/h2-3,12,15H,4-8,14H2,1H3. The minimum atomic E-state index is 0.0645. The van der Waals surface area contributed by atoms with Crippen LogP contribution >= 0.6 is 0 Å². The van der Waals surface area contributed by atoms with Crippen LogP contribution in [0.1, 0.15) is 30.1 Å². The molecule has 1 unspecified atom stereocenters. The largest absolute Gasteiger partial charge is 0.481 e. The van der Waals surface area contributed by atoms with Gasteiger partial charge in [0.2, 0.25) is 5.88 Å². The quantitative estimate of drug-likeness (QED) is 0.760. The van der Waals surface area contributed by atoms with Gasteiger partial charge in [0, 0.05) is 6.07 Å². The van der Waals surface area contributed by atoms with Gasteiger partial charge in [-0.25, -0.2) is 4.98 Å². The molecule has 0 radical (unpaired) electrons. The van der Waals surface area contributed by atoms with Gasteiger partial charge in [-0.3, -0.25) is 0 Å². The van der Waals surface area contributed by atoms with E-state index in [0.717, 1.165) is 38.0 Å². The Hall–Kier alpha value is -1.13. The number of hydrogen-bond donors (Lipinski definition) is 2. The van der Waals surface area contributed by atoms with Gasteiger partial charge in [-0.1, -0.05) is 6.07 Å². The molecule has 1 aromatic heterocycles. The number of ether oxygens (including phenoxy) is 1. The molecule has 4 heteroatoms. The maximum Gasteiger partial charge on any atom is 0.213 e. The molecule has 0 amide bonds. The average molecular weight is 233 g/mol. The molecule has 3 rings (SSSR count). The van der Waals surface area contributed by atoms with Gasteiger partial charge < -0.3 is 15.8 Å². The topological polar surface area (TPSA) is 60.2 Å². The van der Waals surface area contributed by atoms with Crippen LogP contribution in [0.2, 0.25) is 0 Å². The second kappa shape index (κ2) is 3.96. The van der Waals surface area contributed by atoms with Crippen LogP contribution in [-0.4, -0.2) is 25.2 Å². The van der Waals surface area contributed by atoms with Gasteiger partial charge in [0.1, 0.15) is 0 Å². The minimum Gasteiger partial charge on any atom is -0.481 e. The normalized spacial score (nSPS) is 25.9. The highest BCUT2D eigenvalue weighted by molar-refractivity contribution is 5.36. The second-order valence-corrected chi connectivity index (χ2v) is 5.16. The third-order valence-corrected chi connectivity index (χ3v) is 4.29. The Morgan fingerprint density at radius 3 is 2.88 bits per heavy atom.